The van der Waals surface area contributed by atoms with E-state index in [1.807, 2.05) is 62.4 Å². The van der Waals surface area contributed by atoms with Gasteiger partial charge in [0.25, 0.3) is 5.91 Å². The van der Waals surface area contributed by atoms with Crippen molar-refractivity contribution in [3.8, 4) is 17.1 Å². The van der Waals surface area contributed by atoms with Crippen molar-refractivity contribution in [3.05, 3.63) is 71.6 Å². The lowest BCUT2D eigenvalue weighted by Crippen LogP contribution is -2.34. The third kappa shape index (κ3) is 6.05. The number of hydrogen-bond donors (Lipinski definition) is 5. The molecule has 0 bridgehead atoms. The van der Waals surface area contributed by atoms with Crippen molar-refractivity contribution in [1.29, 1.82) is 5.41 Å². The van der Waals surface area contributed by atoms with Gasteiger partial charge < -0.3 is 31.8 Å². The lowest BCUT2D eigenvalue weighted by molar-refractivity contribution is -0.123. The predicted molar refractivity (Wildman–Crippen MR) is 142 cm³/mol. The smallest absolute Gasteiger partial charge is 0.258 e. The summed E-state index contributed by atoms with van der Waals surface area (Å²) in [4.78, 5) is 21.7. The fourth-order valence-electron chi connectivity index (χ4n) is 3.92. The molecule has 6 N–H and O–H groups in total. The molecule has 0 aliphatic carbocycles. The number of aromatic nitrogens is 2. The Morgan fingerprint density at radius 3 is 2.75 bits per heavy atom. The molecule has 0 unspecified atom stereocenters. The first-order valence-electron chi connectivity index (χ1n) is 11.9. The van der Waals surface area contributed by atoms with E-state index in [9.17, 15) is 4.79 Å². The first-order chi connectivity index (χ1) is 17.5. The fraction of sp³-hybridized carbons (Fsp3) is 0.259. The van der Waals surface area contributed by atoms with E-state index in [2.05, 4.69) is 16.0 Å². The zero-order valence-electron chi connectivity index (χ0n) is 20.5. The molecule has 1 amide bonds. The van der Waals surface area contributed by atoms with Crippen LogP contribution in [-0.2, 0) is 17.8 Å². The molecule has 0 radical (unpaired) electrons. The number of rotatable bonds is 9. The lowest BCUT2D eigenvalue weighted by atomic mass is 10.1. The second kappa shape index (κ2) is 11.5. The van der Waals surface area contributed by atoms with Crippen LogP contribution < -0.4 is 26.4 Å². The minimum absolute atomic E-state index is 0.0554. The van der Waals surface area contributed by atoms with Crippen molar-refractivity contribution in [2.75, 3.05) is 18.5 Å². The molecule has 9 heteroatoms. The quantitative estimate of drug-likeness (QED) is 0.293. The standard InChI is InChI=1S/C27H31N7O2/c1-17(2)31-25(35)16-36-22-5-3-4-19(12-22)26-33-24-10-11-30-15-23(24)27(34-26)32-21-8-6-18(7-9-21)20(13-28)14-29/h3-9,12-14,17,28,30H,10-11,15-16,29H2,1-2H3,(H,31,35)(H,32,33,34)/b20-14+,28-13?. The second-order valence-electron chi connectivity index (χ2n) is 8.76. The van der Waals surface area contributed by atoms with Gasteiger partial charge in [0.05, 0.1) is 5.69 Å². The van der Waals surface area contributed by atoms with Gasteiger partial charge in [0.2, 0.25) is 0 Å². The summed E-state index contributed by atoms with van der Waals surface area (Å²) in [6.07, 6.45) is 3.45. The Morgan fingerprint density at radius 1 is 1.22 bits per heavy atom. The van der Waals surface area contributed by atoms with Gasteiger partial charge in [0, 0.05) is 60.4 Å². The molecule has 0 atom stereocenters. The van der Waals surface area contributed by atoms with Crippen LogP contribution in [0.2, 0.25) is 0 Å². The largest absolute Gasteiger partial charge is 0.484 e. The van der Waals surface area contributed by atoms with Crippen LogP contribution in [0.1, 0.15) is 30.7 Å². The number of anilines is 2. The van der Waals surface area contributed by atoms with Crippen LogP contribution in [0.15, 0.2) is 54.7 Å². The van der Waals surface area contributed by atoms with Crippen molar-refractivity contribution in [1.82, 2.24) is 20.6 Å². The predicted octanol–water partition coefficient (Wildman–Crippen LogP) is 3.39. The highest BCUT2D eigenvalue weighted by Gasteiger charge is 2.19. The maximum atomic E-state index is 12.0. The number of carbonyl (C=O) groups is 1. The van der Waals surface area contributed by atoms with Crippen LogP contribution in [0.3, 0.4) is 0 Å². The number of allylic oxidation sites excluding steroid dienone is 1. The molecule has 36 heavy (non-hydrogen) atoms. The maximum Gasteiger partial charge on any atom is 0.258 e. The number of nitrogens with zero attached hydrogens (tertiary/aromatic N) is 2. The van der Waals surface area contributed by atoms with Gasteiger partial charge in [0.15, 0.2) is 12.4 Å². The minimum Gasteiger partial charge on any atom is -0.484 e. The third-order valence-corrected chi connectivity index (χ3v) is 5.66. The maximum absolute atomic E-state index is 12.0. The molecule has 9 nitrogen and oxygen atoms in total. The highest BCUT2D eigenvalue weighted by Crippen LogP contribution is 2.29. The van der Waals surface area contributed by atoms with Crippen LogP contribution in [0.5, 0.6) is 5.75 Å². The van der Waals surface area contributed by atoms with E-state index in [0.29, 0.717) is 23.7 Å². The first kappa shape index (κ1) is 24.9. The Bertz CT molecular complexity index is 1270. The monoisotopic (exact) mass is 485 g/mol. The minimum atomic E-state index is -0.167. The lowest BCUT2D eigenvalue weighted by Gasteiger charge is -2.21. The highest BCUT2D eigenvalue weighted by molar-refractivity contribution is 6.08. The molecule has 0 fully saturated rings. The van der Waals surface area contributed by atoms with Crippen LogP contribution in [0.4, 0.5) is 11.5 Å². The number of hydrogen-bond acceptors (Lipinski definition) is 8. The number of amides is 1. The van der Waals surface area contributed by atoms with Crippen LogP contribution in [-0.4, -0.2) is 41.3 Å². The van der Waals surface area contributed by atoms with Crippen molar-refractivity contribution in [3.63, 3.8) is 0 Å². The van der Waals surface area contributed by atoms with Crippen LogP contribution >= 0.6 is 0 Å². The number of nitrogens with one attached hydrogen (secondary N) is 4. The Hall–Kier alpha value is -4.24. The van der Waals surface area contributed by atoms with Gasteiger partial charge in [0.1, 0.15) is 11.6 Å². The number of benzene rings is 2. The summed E-state index contributed by atoms with van der Waals surface area (Å²) in [5, 5.41) is 17.1. The van der Waals surface area contributed by atoms with Gasteiger partial charge in [-0.3, -0.25) is 4.79 Å². The van der Waals surface area contributed by atoms with E-state index in [1.54, 1.807) is 0 Å². The number of ether oxygens (including phenoxy) is 1. The van der Waals surface area contributed by atoms with Gasteiger partial charge in [-0.05, 0) is 43.7 Å². The van der Waals surface area contributed by atoms with Crippen molar-refractivity contribution in [2.24, 2.45) is 5.73 Å². The SMILES string of the molecule is CC(C)NC(=O)COc1cccc(-c2nc3c(c(Nc4ccc(/C(C=N)=C/N)cc4)n2)CNCC3)c1. The molecule has 1 aliphatic heterocycles. The Morgan fingerprint density at radius 2 is 2.03 bits per heavy atom. The summed E-state index contributed by atoms with van der Waals surface area (Å²) >= 11 is 0. The van der Waals surface area contributed by atoms with Gasteiger partial charge >= 0.3 is 0 Å². The number of carbonyl (C=O) groups excluding carboxylic acids is 1. The van der Waals surface area contributed by atoms with Gasteiger partial charge in [-0.15, -0.1) is 0 Å². The van der Waals surface area contributed by atoms with Crippen LogP contribution in [0, 0.1) is 5.41 Å². The highest BCUT2D eigenvalue weighted by atomic mass is 16.5. The summed E-state index contributed by atoms with van der Waals surface area (Å²) in [6, 6.07) is 15.2. The first-order valence-corrected chi connectivity index (χ1v) is 11.9. The zero-order chi connectivity index (χ0) is 25.5. The normalized spacial score (nSPS) is 13.1. The molecule has 0 saturated heterocycles. The van der Waals surface area contributed by atoms with E-state index < -0.39 is 0 Å². The molecule has 1 aromatic heterocycles. The summed E-state index contributed by atoms with van der Waals surface area (Å²) < 4.78 is 5.70. The molecule has 1 aliphatic rings. The van der Waals surface area contributed by atoms with E-state index in [-0.39, 0.29) is 18.6 Å². The number of nitrogens with two attached hydrogens (primary N) is 1. The van der Waals surface area contributed by atoms with Crippen molar-refractivity contribution in [2.45, 2.75) is 32.9 Å². The van der Waals surface area contributed by atoms with Crippen molar-refractivity contribution < 1.29 is 9.53 Å². The second-order valence-corrected chi connectivity index (χ2v) is 8.76. The van der Waals surface area contributed by atoms with Crippen LogP contribution in [0.25, 0.3) is 17.0 Å². The van der Waals surface area contributed by atoms with Gasteiger partial charge in [-0.1, -0.05) is 24.3 Å². The summed E-state index contributed by atoms with van der Waals surface area (Å²) in [5.74, 6) is 1.73. The molecular formula is C27H31N7O2. The number of fused-ring (bicyclic) bond motifs is 1. The van der Waals surface area contributed by atoms with E-state index in [4.69, 9.17) is 25.8 Å². The summed E-state index contributed by atoms with van der Waals surface area (Å²) in [7, 11) is 0. The average molecular weight is 486 g/mol. The Balaban J connectivity index is 1.60. The van der Waals surface area contributed by atoms with E-state index in [0.717, 1.165) is 46.9 Å². The van der Waals surface area contributed by atoms with E-state index in [1.165, 1.54) is 12.4 Å². The molecule has 186 valence electrons. The molecular weight excluding hydrogens is 454 g/mol. The van der Waals surface area contributed by atoms with Gasteiger partial charge in [-0.2, -0.15) is 0 Å². The molecule has 0 saturated carbocycles. The molecule has 2 heterocycles. The fourth-order valence-corrected chi connectivity index (χ4v) is 3.92. The molecule has 2 aromatic carbocycles. The third-order valence-electron chi connectivity index (χ3n) is 5.66. The topological polar surface area (TPSA) is 138 Å². The van der Waals surface area contributed by atoms with Crippen molar-refractivity contribution >= 4 is 29.2 Å². The Labute approximate surface area is 210 Å². The zero-order valence-corrected chi connectivity index (χ0v) is 20.5. The summed E-state index contributed by atoms with van der Waals surface area (Å²) in [5.41, 5.74) is 10.8. The molecule has 3 aromatic rings. The molecule has 4 rings (SSSR count). The van der Waals surface area contributed by atoms with E-state index >= 15 is 0 Å². The molecule has 0 spiro atoms. The Kier molecular flexibility index (Phi) is 7.92. The van der Waals surface area contributed by atoms with Gasteiger partial charge in [-0.25, -0.2) is 9.97 Å². The average Bonchev–Trinajstić information content (AvgIpc) is 2.89. The summed E-state index contributed by atoms with van der Waals surface area (Å²) in [6.45, 7) is 5.29.